The van der Waals surface area contributed by atoms with Crippen molar-refractivity contribution in [1.82, 2.24) is 0 Å². The number of aryl methyl sites for hydroxylation is 1. The maximum Gasteiger partial charge on any atom is 0.123 e. The number of halogens is 1. The fourth-order valence-electron chi connectivity index (χ4n) is 1.16. The molecule has 1 atom stereocenters. The second-order valence-corrected chi connectivity index (χ2v) is 3.45. The third-order valence-electron chi connectivity index (χ3n) is 2.15. The summed E-state index contributed by atoms with van der Waals surface area (Å²) < 4.78 is 12.5. The molecule has 2 heteroatoms. The Morgan fingerprint density at radius 3 is 2.46 bits per heavy atom. The highest BCUT2D eigenvalue weighted by Crippen LogP contribution is 2.09. The summed E-state index contributed by atoms with van der Waals surface area (Å²) in [6.07, 6.45) is 1.85. The third kappa shape index (κ3) is 3.55. The van der Waals surface area contributed by atoms with Gasteiger partial charge in [0, 0.05) is 6.61 Å². The van der Waals surface area contributed by atoms with Crippen LogP contribution < -0.4 is 0 Å². The van der Waals surface area contributed by atoms with E-state index >= 15 is 0 Å². The number of rotatable bonds is 4. The average molecular weight is 182 g/mol. The number of aliphatic hydroxyl groups excluding tert-OH is 1. The molecule has 0 fully saturated rings. The Morgan fingerprint density at radius 1 is 1.31 bits per heavy atom. The summed E-state index contributed by atoms with van der Waals surface area (Å²) in [4.78, 5) is 0. The molecular formula is C11H15FO. The van der Waals surface area contributed by atoms with Gasteiger partial charge in [0.15, 0.2) is 0 Å². The predicted molar refractivity (Wildman–Crippen MR) is 51.0 cm³/mol. The number of hydrogen-bond acceptors (Lipinski definition) is 1. The number of aliphatic hydroxyl groups is 1. The molecule has 1 aromatic rings. The highest BCUT2D eigenvalue weighted by atomic mass is 19.1. The Bertz CT molecular complexity index is 243. The van der Waals surface area contributed by atoms with Gasteiger partial charge in [-0.05, 0) is 36.5 Å². The zero-order valence-electron chi connectivity index (χ0n) is 7.83. The van der Waals surface area contributed by atoms with Gasteiger partial charge in [-0.2, -0.15) is 0 Å². The van der Waals surface area contributed by atoms with Crippen molar-refractivity contribution in [3.05, 3.63) is 35.6 Å². The van der Waals surface area contributed by atoms with E-state index in [4.69, 9.17) is 5.11 Å². The van der Waals surface area contributed by atoms with Crippen molar-refractivity contribution in [1.29, 1.82) is 0 Å². The van der Waals surface area contributed by atoms with Gasteiger partial charge < -0.3 is 5.11 Å². The van der Waals surface area contributed by atoms with Gasteiger partial charge in [0.2, 0.25) is 0 Å². The molecule has 0 aliphatic heterocycles. The van der Waals surface area contributed by atoms with Crippen molar-refractivity contribution in [3.8, 4) is 0 Å². The lowest BCUT2D eigenvalue weighted by molar-refractivity contribution is 0.230. The molecule has 0 aromatic heterocycles. The van der Waals surface area contributed by atoms with Gasteiger partial charge in [-0.1, -0.05) is 19.1 Å². The molecule has 0 saturated heterocycles. The van der Waals surface area contributed by atoms with Gasteiger partial charge in [-0.15, -0.1) is 0 Å². The molecule has 0 radical (unpaired) electrons. The summed E-state index contributed by atoms with van der Waals surface area (Å²) in [6.45, 7) is 2.23. The minimum Gasteiger partial charge on any atom is -0.396 e. The van der Waals surface area contributed by atoms with Crippen molar-refractivity contribution in [2.24, 2.45) is 5.92 Å². The molecular weight excluding hydrogens is 167 g/mol. The van der Waals surface area contributed by atoms with E-state index in [1.54, 1.807) is 12.1 Å². The molecule has 1 nitrogen and oxygen atoms in total. The first-order chi connectivity index (χ1) is 6.22. The summed E-state index contributed by atoms with van der Waals surface area (Å²) in [5, 5.41) is 8.80. The Labute approximate surface area is 78.2 Å². The maximum atomic E-state index is 12.5. The van der Waals surface area contributed by atoms with Crippen LogP contribution in [0.2, 0.25) is 0 Å². The zero-order valence-corrected chi connectivity index (χ0v) is 7.83. The fourth-order valence-corrected chi connectivity index (χ4v) is 1.16. The van der Waals surface area contributed by atoms with Crippen molar-refractivity contribution in [2.75, 3.05) is 6.61 Å². The van der Waals surface area contributed by atoms with Crippen LogP contribution in [-0.2, 0) is 6.42 Å². The second kappa shape index (κ2) is 4.97. The summed E-state index contributed by atoms with van der Waals surface area (Å²) in [6, 6.07) is 6.52. The van der Waals surface area contributed by atoms with Gasteiger partial charge in [-0.25, -0.2) is 4.39 Å². The van der Waals surface area contributed by atoms with Crippen LogP contribution in [0.5, 0.6) is 0 Å². The van der Waals surface area contributed by atoms with Crippen LogP contribution in [-0.4, -0.2) is 11.7 Å². The van der Waals surface area contributed by atoms with Crippen LogP contribution in [0.1, 0.15) is 18.9 Å². The topological polar surface area (TPSA) is 20.2 Å². The van der Waals surface area contributed by atoms with Gasteiger partial charge in [-0.3, -0.25) is 0 Å². The van der Waals surface area contributed by atoms with Gasteiger partial charge in [0.1, 0.15) is 5.82 Å². The quantitative estimate of drug-likeness (QED) is 0.758. The van der Waals surface area contributed by atoms with Gasteiger partial charge in [0.05, 0.1) is 0 Å². The molecule has 1 rings (SSSR count). The number of benzene rings is 1. The van der Waals surface area contributed by atoms with E-state index in [1.807, 2.05) is 6.92 Å². The Morgan fingerprint density at radius 2 is 1.92 bits per heavy atom. The largest absolute Gasteiger partial charge is 0.396 e. The van der Waals surface area contributed by atoms with E-state index in [9.17, 15) is 4.39 Å². The first-order valence-corrected chi connectivity index (χ1v) is 4.57. The molecule has 0 bridgehead atoms. The van der Waals surface area contributed by atoms with E-state index in [0.717, 1.165) is 18.4 Å². The van der Waals surface area contributed by atoms with Crippen LogP contribution in [0.25, 0.3) is 0 Å². The molecule has 0 unspecified atom stereocenters. The lowest BCUT2D eigenvalue weighted by Crippen LogP contribution is -2.02. The van der Waals surface area contributed by atoms with Crippen molar-refractivity contribution in [3.63, 3.8) is 0 Å². The summed E-state index contributed by atoms with van der Waals surface area (Å²) >= 11 is 0. The monoisotopic (exact) mass is 182 g/mol. The maximum absolute atomic E-state index is 12.5. The third-order valence-corrected chi connectivity index (χ3v) is 2.15. The SMILES string of the molecule is C[C@@H](CO)CCc1ccc(F)cc1. The molecule has 0 amide bonds. The second-order valence-electron chi connectivity index (χ2n) is 3.45. The Hall–Kier alpha value is -0.890. The minimum atomic E-state index is -0.195. The summed E-state index contributed by atoms with van der Waals surface area (Å²) in [5.74, 6) is 0.129. The highest BCUT2D eigenvalue weighted by molar-refractivity contribution is 5.15. The molecule has 0 heterocycles. The number of hydrogen-bond donors (Lipinski definition) is 1. The molecule has 0 aliphatic rings. The van der Waals surface area contributed by atoms with Crippen LogP contribution in [0, 0.1) is 11.7 Å². The molecule has 0 spiro atoms. The molecule has 0 aliphatic carbocycles. The van der Waals surface area contributed by atoms with Crippen molar-refractivity contribution < 1.29 is 9.50 Å². The van der Waals surface area contributed by atoms with E-state index < -0.39 is 0 Å². The fraction of sp³-hybridized carbons (Fsp3) is 0.455. The molecule has 72 valence electrons. The lowest BCUT2D eigenvalue weighted by Gasteiger charge is -2.06. The van der Waals surface area contributed by atoms with Crippen molar-refractivity contribution >= 4 is 0 Å². The van der Waals surface area contributed by atoms with E-state index in [1.165, 1.54) is 12.1 Å². The minimum absolute atomic E-state index is 0.195. The van der Waals surface area contributed by atoms with Crippen molar-refractivity contribution in [2.45, 2.75) is 19.8 Å². The Kier molecular flexibility index (Phi) is 3.90. The highest BCUT2D eigenvalue weighted by Gasteiger charge is 2.00. The average Bonchev–Trinajstić information content (AvgIpc) is 2.16. The van der Waals surface area contributed by atoms with E-state index in [0.29, 0.717) is 5.92 Å². The normalized spacial score (nSPS) is 12.8. The molecule has 0 saturated carbocycles. The van der Waals surface area contributed by atoms with Gasteiger partial charge >= 0.3 is 0 Å². The predicted octanol–water partition coefficient (Wildman–Crippen LogP) is 2.39. The molecule has 1 N–H and O–H groups in total. The smallest absolute Gasteiger partial charge is 0.123 e. The zero-order chi connectivity index (χ0) is 9.68. The van der Waals surface area contributed by atoms with Crippen LogP contribution in [0.15, 0.2) is 24.3 Å². The Balaban J connectivity index is 2.41. The summed E-state index contributed by atoms with van der Waals surface area (Å²) in [5.41, 5.74) is 1.13. The van der Waals surface area contributed by atoms with Gasteiger partial charge in [0.25, 0.3) is 0 Å². The lowest BCUT2D eigenvalue weighted by atomic mass is 10.0. The van der Waals surface area contributed by atoms with Crippen LogP contribution in [0.3, 0.4) is 0 Å². The molecule has 1 aromatic carbocycles. The first kappa shape index (κ1) is 10.2. The van der Waals surface area contributed by atoms with Crippen LogP contribution in [0.4, 0.5) is 4.39 Å². The standard InChI is InChI=1S/C11H15FO/c1-9(8-13)2-3-10-4-6-11(12)7-5-10/h4-7,9,13H,2-3,8H2,1H3/t9-/m1/s1. The summed E-state index contributed by atoms with van der Waals surface area (Å²) in [7, 11) is 0. The first-order valence-electron chi connectivity index (χ1n) is 4.57. The van der Waals surface area contributed by atoms with E-state index in [-0.39, 0.29) is 12.4 Å². The van der Waals surface area contributed by atoms with E-state index in [2.05, 4.69) is 0 Å². The molecule has 13 heavy (non-hydrogen) atoms. The van der Waals surface area contributed by atoms with Crippen LogP contribution >= 0.6 is 0 Å².